The van der Waals surface area contributed by atoms with Crippen LogP contribution < -0.4 is 9.47 Å². The molecule has 0 amide bonds. The molecule has 0 aliphatic carbocycles. The summed E-state index contributed by atoms with van der Waals surface area (Å²) in [6, 6.07) is 17.5. The summed E-state index contributed by atoms with van der Waals surface area (Å²) in [5.74, 6) is -0.690. The van der Waals surface area contributed by atoms with Gasteiger partial charge in [-0.3, -0.25) is 0 Å². The van der Waals surface area contributed by atoms with Crippen molar-refractivity contribution < 1.29 is 23.8 Å². The normalized spacial score (nSPS) is 11.0. The maximum absolute atomic E-state index is 13.4. The van der Waals surface area contributed by atoms with Crippen molar-refractivity contribution in [3.8, 4) is 17.6 Å². The Morgan fingerprint density at radius 1 is 1.12 bits per heavy atom. The second-order valence-electron chi connectivity index (χ2n) is 6.73. The molecule has 0 atom stereocenters. The molecule has 3 aromatic rings. The molecular weight excluding hydrogens is 433 g/mol. The molecule has 0 bridgehead atoms. The molecule has 5 nitrogen and oxygen atoms in total. The number of carboxylic acid groups (broad SMARTS) is 1. The molecule has 0 saturated carbocycles. The summed E-state index contributed by atoms with van der Waals surface area (Å²) in [4.78, 5) is 11.0. The van der Waals surface area contributed by atoms with Crippen molar-refractivity contribution in [1.29, 1.82) is 5.26 Å². The van der Waals surface area contributed by atoms with Gasteiger partial charge in [0.1, 0.15) is 12.4 Å². The van der Waals surface area contributed by atoms with Crippen molar-refractivity contribution in [2.24, 2.45) is 0 Å². The largest absolute Gasteiger partial charge is 0.490 e. The van der Waals surface area contributed by atoms with Gasteiger partial charge in [0.2, 0.25) is 0 Å². The summed E-state index contributed by atoms with van der Waals surface area (Å²) in [7, 11) is 0. The van der Waals surface area contributed by atoms with Crippen LogP contribution in [-0.4, -0.2) is 17.7 Å². The van der Waals surface area contributed by atoms with Gasteiger partial charge in [-0.25, -0.2) is 9.18 Å². The van der Waals surface area contributed by atoms with Gasteiger partial charge in [0.25, 0.3) is 0 Å². The van der Waals surface area contributed by atoms with Crippen LogP contribution in [0.3, 0.4) is 0 Å². The number of carbonyl (C=O) groups is 1. The predicted molar refractivity (Wildman–Crippen MR) is 120 cm³/mol. The Hall–Kier alpha value is -3.82. The Kier molecular flexibility index (Phi) is 7.48. The van der Waals surface area contributed by atoms with E-state index in [0.717, 1.165) is 0 Å². The zero-order chi connectivity index (χ0) is 23.1. The van der Waals surface area contributed by atoms with Crippen LogP contribution >= 0.6 is 11.6 Å². The van der Waals surface area contributed by atoms with Crippen LogP contribution in [0.1, 0.15) is 34.0 Å². The quantitative estimate of drug-likeness (QED) is 0.325. The number of hydrogen-bond donors (Lipinski definition) is 1. The fraction of sp³-hybridized carbons (Fsp3) is 0.120. The Bertz CT molecular complexity index is 1200. The second kappa shape index (κ2) is 10.5. The van der Waals surface area contributed by atoms with Crippen molar-refractivity contribution in [1.82, 2.24) is 0 Å². The zero-order valence-electron chi connectivity index (χ0n) is 17.1. The summed E-state index contributed by atoms with van der Waals surface area (Å²) < 4.78 is 24.9. The average Bonchev–Trinajstić information content (AvgIpc) is 2.77. The fourth-order valence-corrected chi connectivity index (χ4v) is 3.27. The number of hydrogen-bond acceptors (Lipinski definition) is 4. The maximum Gasteiger partial charge on any atom is 0.335 e. The third-order valence-corrected chi connectivity index (χ3v) is 4.76. The number of carboxylic acids is 1. The first-order chi connectivity index (χ1) is 15.4. The monoisotopic (exact) mass is 451 g/mol. The van der Waals surface area contributed by atoms with E-state index in [0.29, 0.717) is 40.4 Å². The van der Waals surface area contributed by atoms with Crippen molar-refractivity contribution in [3.63, 3.8) is 0 Å². The van der Waals surface area contributed by atoms with Crippen LogP contribution in [0.2, 0.25) is 5.02 Å². The molecule has 0 unspecified atom stereocenters. The van der Waals surface area contributed by atoms with E-state index in [9.17, 15) is 14.4 Å². The van der Waals surface area contributed by atoms with Gasteiger partial charge in [-0.15, -0.1) is 0 Å². The molecule has 3 aromatic carbocycles. The number of nitrogens with zero attached hydrogens (tertiary/aromatic N) is 1. The van der Waals surface area contributed by atoms with E-state index in [-0.39, 0.29) is 23.0 Å². The van der Waals surface area contributed by atoms with E-state index >= 15 is 0 Å². The number of ether oxygens (including phenoxy) is 2. The van der Waals surface area contributed by atoms with Crippen LogP contribution in [0.4, 0.5) is 4.39 Å². The number of rotatable bonds is 8. The lowest BCUT2D eigenvalue weighted by atomic mass is 10.0. The molecule has 0 heterocycles. The van der Waals surface area contributed by atoms with Crippen molar-refractivity contribution in [2.45, 2.75) is 13.5 Å². The molecular formula is C25H19ClFNO4. The van der Waals surface area contributed by atoms with Crippen molar-refractivity contribution in [2.75, 3.05) is 6.61 Å². The summed E-state index contributed by atoms with van der Waals surface area (Å²) in [5, 5.41) is 18.9. The number of aromatic carboxylic acids is 1. The van der Waals surface area contributed by atoms with Crippen LogP contribution in [-0.2, 0) is 6.61 Å². The Morgan fingerprint density at radius 2 is 1.84 bits per heavy atom. The van der Waals surface area contributed by atoms with Gasteiger partial charge in [-0.1, -0.05) is 35.9 Å². The van der Waals surface area contributed by atoms with Crippen LogP contribution in [0.5, 0.6) is 11.5 Å². The fourth-order valence-electron chi connectivity index (χ4n) is 3.00. The SMILES string of the molecule is CCOc1cc(/C=C(/C#N)c2ccc(C(=O)O)cc2)cc(Cl)c1OCc1cccc(F)c1. The van der Waals surface area contributed by atoms with E-state index in [1.807, 2.05) is 6.92 Å². The van der Waals surface area contributed by atoms with E-state index in [2.05, 4.69) is 6.07 Å². The molecule has 3 rings (SSSR count). The van der Waals surface area contributed by atoms with Gasteiger partial charge < -0.3 is 14.6 Å². The molecule has 7 heteroatoms. The molecule has 0 aliphatic rings. The summed E-state index contributed by atoms with van der Waals surface area (Å²) in [6.45, 7) is 2.28. The molecule has 0 aliphatic heterocycles. The van der Waals surface area contributed by atoms with Gasteiger partial charge in [0.05, 0.1) is 28.8 Å². The Labute approximate surface area is 189 Å². The lowest BCUT2D eigenvalue weighted by Crippen LogP contribution is -2.01. The third kappa shape index (κ3) is 5.65. The summed E-state index contributed by atoms with van der Waals surface area (Å²) >= 11 is 6.44. The second-order valence-corrected chi connectivity index (χ2v) is 7.14. The third-order valence-electron chi connectivity index (χ3n) is 4.48. The molecule has 32 heavy (non-hydrogen) atoms. The highest BCUT2D eigenvalue weighted by atomic mass is 35.5. The molecule has 0 aromatic heterocycles. The minimum absolute atomic E-state index is 0.103. The van der Waals surface area contributed by atoms with Crippen LogP contribution in [0.15, 0.2) is 60.7 Å². The highest BCUT2D eigenvalue weighted by Crippen LogP contribution is 2.38. The van der Waals surface area contributed by atoms with E-state index < -0.39 is 5.97 Å². The number of benzene rings is 3. The Morgan fingerprint density at radius 3 is 2.47 bits per heavy atom. The molecule has 162 valence electrons. The lowest BCUT2D eigenvalue weighted by molar-refractivity contribution is 0.0697. The standard InChI is InChI=1S/C25H19ClFNO4/c1-2-31-23-13-17(10-20(14-28)18-6-8-19(9-7-18)25(29)30)12-22(26)24(23)32-15-16-4-3-5-21(27)11-16/h3-13H,2,15H2,1H3,(H,29,30)/b20-10-. The maximum atomic E-state index is 13.4. The summed E-state index contributed by atoms with van der Waals surface area (Å²) in [6.07, 6.45) is 1.63. The molecule has 0 spiro atoms. The predicted octanol–water partition coefficient (Wildman–Crippen LogP) is 6.22. The topological polar surface area (TPSA) is 79.5 Å². The number of halogens is 2. The molecule has 0 radical (unpaired) electrons. The van der Waals surface area contributed by atoms with E-state index in [1.165, 1.54) is 24.3 Å². The van der Waals surface area contributed by atoms with E-state index in [1.54, 1.807) is 42.5 Å². The summed E-state index contributed by atoms with van der Waals surface area (Å²) in [5.41, 5.74) is 2.28. The minimum Gasteiger partial charge on any atom is -0.490 e. The van der Waals surface area contributed by atoms with Gasteiger partial charge in [0, 0.05) is 0 Å². The van der Waals surface area contributed by atoms with Crippen molar-refractivity contribution >= 4 is 29.2 Å². The van der Waals surface area contributed by atoms with E-state index in [4.69, 9.17) is 26.2 Å². The first-order valence-electron chi connectivity index (χ1n) is 9.70. The molecule has 0 saturated heterocycles. The smallest absolute Gasteiger partial charge is 0.335 e. The van der Waals surface area contributed by atoms with Gasteiger partial charge in [-0.05, 0) is 66.1 Å². The first kappa shape index (κ1) is 22.9. The van der Waals surface area contributed by atoms with Crippen LogP contribution in [0, 0.1) is 17.1 Å². The Balaban J connectivity index is 1.91. The molecule has 0 fully saturated rings. The average molecular weight is 452 g/mol. The number of allylic oxidation sites excluding steroid dienone is 1. The minimum atomic E-state index is -1.04. The van der Waals surface area contributed by atoms with Crippen LogP contribution in [0.25, 0.3) is 11.6 Å². The van der Waals surface area contributed by atoms with Gasteiger partial charge in [-0.2, -0.15) is 5.26 Å². The van der Waals surface area contributed by atoms with Gasteiger partial charge in [0.15, 0.2) is 11.5 Å². The van der Waals surface area contributed by atoms with Crippen molar-refractivity contribution in [3.05, 3.63) is 93.8 Å². The zero-order valence-corrected chi connectivity index (χ0v) is 17.9. The highest BCUT2D eigenvalue weighted by molar-refractivity contribution is 6.32. The lowest BCUT2D eigenvalue weighted by Gasteiger charge is -2.15. The number of nitriles is 1. The molecule has 1 N–H and O–H groups in total. The highest BCUT2D eigenvalue weighted by Gasteiger charge is 2.14. The van der Waals surface area contributed by atoms with Gasteiger partial charge >= 0.3 is 5.97 Å². The first-order valence-corrected chi connectivity index (χ1v) is 10.1.